The number of carbonyl (C=O) groups is 8. The number of esters is 7. The van der Waals surface area contributed by atoms with Gasteiger partial charge in [0.1, 0.15) is 25.4 Å². The summed E-state index contributed by atoms with van der Waals surface area (Å²) < 4.78 is 60.3. The van der Waals surface area contributed by atoms with Crippen molar-refractivity contribution in [3.63, 3.8) is 0 Å². The molecule has 2 aliphatic heterocycles. The molecule has 20 heteroatoms. The van der Waals surface area contributed by atoms with E-state index in [1.807, 2.05) is 0 Å². The molecular weight excluding hydrogens is 654 g/mol. The Morgan fingerprint density at radius 1 is 0.458 bits per heavy atom. The largest absolute Gasteiger partial charge is 0.463 e. The number of nitrogens with one attached hydrogen (secondary N) is 1. The van der Waals surface area contributed by atoms with Crippen LogP contribution in [0.15, 0.2) is 0 Å². The Labute approximate surface area is 274 Å². The minimum absolute atomic E-state index is 0.567. The summed E-state index contributed by atoms with van der Waals surface area (Å²) >= 11 is 0. The fraction of sp³-hybridized carbons (Fsp3) is 0.714. The Morgan fingerprint density at radius 3 is 1.23 bits per heavy atom. The molecule has 0 saturated carbocycles. The first-order chi connectivity index (χ1) is 22.4. The second kappa shape index (κ2) is 18.1. The Bertz CT molecular complexity index is 1220. The van der Waals surface area contributed by atoms with Gasteiger partial charge in [-0.25, -0.2) is 4.79 Å². The van der Waals surface area contributed by atoms with Crippen LogP contribution in [-0.4, -0.2) is 130 Å². The van der Waals surface area contributed by atoms with Crippen LogP contribution >= 0.6 is 0 Å². The third-order valence-corrected chi connectivity index (χ3v) is 6.31. The van der Waals surface area contributed by atoms with Crippen molar-refractivity contribution in [1.29, 1.82) is 0 Å². The highest BCUT2D eigenvalue weighted by atomic mass is 16.8. The first kappa shape index (κ1) is 39.6. The average molecular weight is 694 g/mol. The summed E-state index contributed by atoms with van der Waals surface area (Å²) in [5.74, 6) is -6.16. The van der Waals surface area contributed by atoms with Crippen molar-refractivity contribution >= 4 is 47.9 Å². The van der Waals surface area contributed by atoms with E-state index in [2.05, 4.69) is 5.32 Å². The molecule has 2 fully saturated rings. The normalized spacial score (nSPS) is 29.6. The minimum Gasteiger partial charge on any atom is -0.463 e. The van der Waals surface area contributed by atoms with Crippen LogP contribution in [0, 0.1) is 0 Å². The van der Waals surface area contributed by atoms with Crippen molar-refractivity contribution in [2.24, 2.45) is 0 Å². The van der Waals surface area contributed by atoms with Gasteiger partial charge in [-0.3, -0.25) is 33.6 Å². The van der Waals surface area contributed by atoms with Crippen molar-refractivity contribution in [3.8, 4) is 0 Å². The van der Waals surface area contributed by atoms with Gasteiger partial charge in [0.2, 0.25) is 6.29 Å². The van der Waals surface area contributed by atoms with Crippen molar-refractivity contribution in [2.75, 3.05) is 20.3 Å². The molecule has 48 heavy (non-hydrogen) atoms. The Kier molecular flexibility index (Phi) is 14.9. The Balaban J connectivity index is 2.74. The van der Waals surface area contributed by atoms with Gasteiger partial charge >= 0.3 is 47.9 Å². The molecule has 20 nitrogen and oxygen atoms in total. The highest BCUT2D eigenvalue weighted by Crippen LogP contribution is 2.35. The van der Waals surface area contributed by atoms with Crippen molar-refractivity contribution in [2.45, 2.75) is 110 Å². The fourth-order valence-electron chi connectivity index (χ4n) is 4.72. The first-order valence-electron chi connectivity index (χ1n) is 14.4. The summed E-state index contributed by atoms with van der Waals surface area (Å²) in [4.78, 5) is 96.8. The van der Waals surface area contributed by atoms with E-state index in [0.717, 1.165) is 48.5 Å². The van der Waals surface area contributed by atoms with E-state index < -0.39 is 123 Å². The summed E-state index contributed by atoms with van der Waals surface area (Å²) in [6.45, 7) is 6.03. The van der Waals surface area contributed by atoms with Crippen LogP contribution in [0.3, 0.4) is 0 Å². The molecular formula is C28H39NO19. The molecule has 2 saturated heterocycles. The number of ether oxygens (including phenoxy) is 11. The van der Waals surface area contributed by atoms with Gasteiger partial charge in [-0.2, -0.15) is 0 Å². The highest BCUT2D eigenvalue weighted by Gasteiger charge is 2.58. The highest BCUT2D eigenvalue weighted by molar-refractivity contribution is 5.70. The lowest BCUT2D eigenvalue weighted by molar-refractivity contribution is -0.363. The zero-order chi connectivity index (χ0) is 36.3. The van der Waals surface area contributed by atoms with Gasteiger partial charge in [0.25, 0.3) is 0 Å². The maximum atomic E-state index is 12.4. The van der Waals surface area contributed by atoms with E-state index in [9.17, 15) is 38.4 Å². The predicted molar refractivity (Wildman–Crippen MR) is 149 cm³/mol. The SMILES string of the molecule is CNC(=O)O[C@H]1[C@H](OC(C)=O)[C@H](O[C@H]2[C@@H](OC(C)=O)O[C@H](COC(C)=O)[C@H](OC(C)=O)[C@H]2OC(C)=O)O[C@H](COC(C)=O)[C@H]1OC(C)=O. The molecule has 0 aromatic heterocycles. The smallest absolute Gasteiger partial charge is 0.407 e. The molecule has 0 aromatic carbocycles. The molecule has 10 atom stereocenters. The monoisotopic (exact) mass is 693 g/mol. The topological polar surface area (TPSA) is 250 Å². The number of amides is 1. The third-order valence-electron chi connectivity index (χ3n) is 6.31. The van der Waals surface area contributed by atoms with Crippen LogP contribution in [0.2, 0.25) is 0 Å². The predicted octanol–water partition coefficient (Wildman–Crippen LogP) is -1.04. The van der Waals surface area contributed by atoms with Gasteiger partial charge < -0.3 is 57.4 Å². The maximum Gasteiger partial charge on any atom is 0.407 e. The van der Waals surface area contributed by atoms with Crippen LogP contribution in [0.4, 0.5) is 4.79 Å². The van der Waals surface area contributed by atoms with Gasteiger partial charge in [-0.1, -0.05) is 0 Å². The van der Waals surface area contributed by atoms with E-state index in [-0.39, 0.29) is 0 Å². The van der Waals surface area contributed by atoms with Crippen LogP contribution in [0.1, 0.15) is 48.5 Å². The molecule has 2 aliphatic rings. The molecule has 0 unspecified atom stereocenters. The van der Waals surface area contributed by atoms with Crippen molar-refractivity contribution in [3.05, 3.63) is 0 Å². The van der Waals surface area contributed by atoms with Crippen LogP contribution < -0.4 is 5.32 Å². The van der Waals surface area contributed by atoms with Crippen molar-refractivity contribution < 1.29 is 90.5 Å². The molecule has 0 radical (unpaired) electrons. The van der Waals surface area contributed by atoms with Crippen molar-refractivity contribution in [1.82, 2.24) is 5.32 Å². The molecule has 1 N–H and O–H groups in total. The average Bonchev–Trinajstić information content (AvgIpc) is 2.95. The zero-order valence-corrected chi connectivity index (χ0v) is 27.4. The number of rotatable bonds is 12. The molecule has 2 heterocycles. The summed E-state index contributed by atoms with van der Waals surface area (Å²) in [5, 5.41) is 2.20. The standard InChI is InChI=1S/C28H39NO19/c1-11(30)38-9-18-20(40-13(3)32)22(42-15(5)34)25(26(45-18)44-17(7)36)47-27-24(43-16(6)35)23(48-28(37)29-8)21(41-14(4)33)19(46-27)10-39-12(2)31/h18-27H,9-10H2,1-8H3,(H,29,37)/t18-,19-,20+,21-,22-,23-,24+,25-,26+,27+/m1/s1. The van der Waals surface area contributed by atoms with E-state index in [4.69, 9.17) is 52.1 Å². The molecule has 0 spiro atoms. The summed E-state index contributed by atoms with van der Waals surface area (Å²) in [6, 6.07) is 0. The second-order valence-electron chi connectivity index (χ2n) is 10.3. The Hall–Kier alpha value is -4.56. The van der Waals surface area contributed by atoms with Gasteiger partial charge in [-0.05, 0) is 0 Å². The van der Waals surface area contributed by atoms with Crippen LogP contribution in [-0.2, 0) is 85.7 Å². The van der Waals surface area contributed by atoms with E-state index >= 15 is 0 Å². The fourth-order valence-corrected chi connectivity index (χ4v) is 4.72. The quantitative estimate of drug-likeness (QED) is 0.189. The summed E-state index contributed by atoms with van der Waals surface area (Å²) in [5.41, 5.74) is 0. The minimum atomic E-state index is -1.89. The number of hydrogen-bond acceptors (Lipinski definition) is 19. The molecule has 0 bridgehead atoms. The van der Waals surface area contributed by atoms with Crippen LogP contribution in [0.25, 0.3) is 0 Å². The first-order valence-corrected chi connectivity index (χ1v) is 14.4. The summed E-state index contributed by atoms with van der Waals surface area (Å²) in [7, 11) is 1.21. The van der Waals surface area contributed by atoms with Gasteiger partial charge in [-0.15, -0.1) is 0 Å². The zero-order valence-electron chi connectivity index (χ0n) is 27.4. The second-order valence-corrected chi connectivity index (χ2v) is 10.3. The number of carbonyl (C=O) groups excluding carboxylic acids is 8. The lowest BCUT2D eigenvalue weighted by Gasteiger charge is -2.48. The maximum absolute atomic E-state index is 12.4. The van der Waals surface area contributed by atoms with Gasteiger partial charge in [0.15, 0.2) is 42.9 Å². The molecule has 0 aliphatic carbocycles. The van der Waals surface area contributed by atoms with E-state index in [0.29, 0.717) is 0 Å². The van der Waals surface area contributed by atoms with E-state index in [1.54, 1.807) is 0 Å². The molecule has 270 valence electrons. The van der Waals surface area contributed by atoms with Gasteiger partial charge in [0, 0.05) is 55.5 Å². The van der Waals surface area contributed by atoms with E-state index in [1.165, 1.54) is 7.05 Å². The lowest BCUT2D eigenvalue weighted by atomic mass is 9.96. The molecule has 1 amide bonds. The third kappa shape index (κ3) is 11.9. The molecule has 0 aromatic rings. The molecule has 2 rings (SSSR count). The number of alkyl carbamates (subject to hydrolysis) is 1. The van der Waals surface area contributed by atoms with Gasteiger partial charge in [0.05, 0.1) is 0 Å². The number of hydrogen-bond donors (Lipinski definition) is 1. The Morgan fingerprint density at radius 2 is 0.833 bits per heavy atom. The summed E-state index contributed by atoms with van der Waals surface area (Å²) in [6.07, 6.45) is -17.7. The van der Waals surface area contributed by atoms with Crippen LogP contribution in [0.5, 0.6) is 0 Å². The lowest BCUT2D eigenvalue weighted by Crippen LogP contribution is -2.67.